The van der Waals surface area contributed by atoms with Crippen LogP contribution in [0.4, 0.5) is 18.0 Å². The first kappa shape index (κ1) is 20.5. The molecule has 0 saturated carbocycles. The van der Waals surface area contributed by atoms with E-state index in [1.54, 1.807) is 4.90 Å². The molecule has 5 nitrogen and oxygen atoms in total. The number of nitrogens with zero attached hydrogens (tertiary/aromatic N) is 2. The lowest BCUT2D eigenvalue weighted by atomic mass is 9.83. The van der Waals surface area contributed by atoms with Crippen LogP contribution >= 0.6 is 0 Å². The molecule has 2 aliphatic heterocycles. The summed E-state index contributed by atoms with van der Waals surface area (Å²) in [7, 11) is 1.17. The first-order chi connectivity index (χ1) is 13.0. The average Bonchev–Trinajstić information content (AvgIpc) is 2.57. The molecule has 1 fully saturated rings. The van der Waals surface area contributed by atoms with E-state index < -0.39 is 23.2 Å². The highest BCUT2D eigenvalue weighted by Crippen LogP contribution is 2.41. The van der Waals surface area contributed by atoms with Crippen LogP contribution in [0.5, 0.6) is 5.88 Å². The molecule has 2 unspecified atom stereocenters. The van der Waals surface area contributed by atoms with Crippen molar-refractivity contribution < 1.29 is 27.4 Å². The highest BCUT2D eigenvalue weighted by molar-refractivity contribution is 5.75. The van der Waals surface area contributed by atoms with Crippen LogP contribution in [-0.2, 0) is 10.9 Å². The number of hydrogen-bond acceptors (Lipinski definition) is 4. The van der Waals surface area contributed by atoms with E-state index >= 15 is 0 Å². The van der Waals surface area contributed by atoms with Crippen molar-refractivity contribution in [2.75, 3.05) is 7.11 Å². The number of piperidine rings is 1. The topological polar surface area (TPSA) is 51.7 Å². The second-order valence-electron chi connectivity index (χ2n) is 8.21. The Balaban J connectivity index is 1.92. The van der Waals surface area contributed by atoms with Crippen LogP contribution in [0.15, 0.2) is 18.3 Å². The molecular formula is C20H25F3N2O3. The minimum atomic E-state index is -4.55. The van der Waals surface area contributed by atoms with Gasteiger partial charge in [0.25, 0.3) is 0 Å². The average molecular weight is 398 g/mol. The molecule has 28 heavy (non-hydrogen) atoms. The van der Waals surface area contributed by atoms with Gasteiger partial charge in [-0.05, 0) is 63.7 Å². The van der Waals surface area contributed by atoms with Crippen molar-refractivity contribution in [1.29, 1.82) is 0 Å². The predicted molar refractivity (Wildman–Crippen MR) is 97.9 cm³/mol. The van der Waals surface area contributed by atoms with Gasteiger partial charge in [-0.1, -0.05) is 6.08 Å². The fraction of sp³-hybridized carbons (Fsp3) is 0.600. The first-order valence-corrected chi connectivity index (χ1v) is 9.33. The number of halogens is 3. The molecule has 2 aliphatic rings. The number of alkyl halides is 3. The quantitative estimate of drug-likeness (QED) is 0.699. The SMILES string of the molecule is COc1ncc(C2=CC3CCCC(C2)N3C(=O)OC(C)(C)C)cc1C(F)(F)F. The zero-order valence-corrected chi connectivity index (χ0v) is 16.5. The summed E-state index contributed by atoms with van der Waals surface area (Å²) < 4.78 is 50.3. The van der Waals surface area contributed by atoms with Gasteiger partial charge in [-0.25, -0.2) is 9.78 Å². The zero-order chi connectivity index (χ0) is 20.7. The van der Waals surface area contributed by atoms with Crippen LogP contribution in [0.2, 0.25) is 0 Å². The Morgan fingerprint density at radius 2 is 1.96 bits per heavy atom. The van der Waals surface area contributed by atoms with Crippen molar-refractivity contribution in [2.24, 2.45) is 0 Å². The Morgan fingerprint density at radius 3 is 2.54 bits per heavy atom. The lowest BCUT2D eigenvalue weighted by Gasteiger charge is -2.45. The minimum absolute atomic E-state index is 0.0926. The number of pyridine rings is 1. The molecule has 1 saturated heterocycles. The number of ether oxygens (including phenoxy) is 2. The van der Waals surface area contributed by atoms with E-state index in [0.717, 1.165) is 30.9 Å². The number of hydrogen-bond donors (Lipinski definition) is 0. The first-order valence-electron chi connectivity index (χ1n) is 9.33. The lowest BCUT2D eigenvalue weighted by Crippen LogP contribution is -2.53. The third-order valence-electron chi connectivity index (χ3n) is 4.96. The Bertz CT molecular complexity index is 784. The summed E-state index contributed by atoms with van der Waals surface area (Å²) in [5, 5.41) is 0. The van der Waals surface area contributed by atoms with Crippen LogP contribution in [-0.4, -0.2) is 40.8 Å². The van der Waals surface area contributed by atoms with Crippen molar-refractivity contribution in [2.45, 2.75) is 70.3 Å². The molecule has 1 aromatic heterocycles. The Morgan fingerprint density at radius 1 is 1.25 bits per heavy atom. The number of carbonyl (C=O) groups is 1. The zero-order valence-electron chi connectivity index (χ0n) is 16.5. The van der Waals surface area contributed by atoms with Gasteiger partial charge >= 0.3 is 12.3 Å². The fourth-order valence-electron chi connectivity index (χ4n) is 3.84. The minimum Gasteiger partial charge on any atom is -0.481 e. The van der Waals surface area contributed by atoms with Crippen LogP contribution in [0, 0.1) is 0 Å². The maximum absolute atomic E-state index is 13.3. The van der Waals surface area contributed by atoms with Gasteiger partial charge in [-0.15, -0.1) is 0 Å². The molecule has 0 aliphatic carbocycles. The Labute approximate surface area is 162 Å². The predicted octanol–water partition coefficient (Wildman–Crippen LogP) is 5.05. The lowest BCUT2D eigenvalue weighted by molar-refractivity contribution is -0.139. The van der Waals surface area contributed by atoms with Crippen molar-refractivity contribution in [3.8, 4) is 5.88 Å². The third kappa shape index (κ3) is 4.25. The molecule has 0 N–H and O–H groups in total. The summed E-state index contributed by atoms with van der Waals surface area (Å²) in [4.78, 5) is 18.2. The van der Waals surface area contributed by atoms with Gasteiger partial charge in [-0.2, -0.15) is 13.2 Å². The molecule has 154 valence electrons. The molecule has 2 bridgehead atoms. The number of methoxy groups -OCH3 is 1. The normalized spacial score (nSPS) is 22.5. The van der Waals surface area contributed by atoms with Gasteiger partial charge < -0.3 is 9.47 Å². The van der Waals surface area contributed by atoms with E-state index in [4.69, 9.17) is 9.47 Å². The van der Waals surface area contributed by atoms with E-state index in [1.807, 2.05) is 26.8 Å². The molecule has 0 radical (unpaired) electrons. The maximum Gasteiger partial charge on any atom is 0.421 e. The van der Waals surface area contributed by atoms with Crippen molar-refractivity contribution in [3.63, 3.8) is 0 Å². The third-order valence-corrected chi connectivity index (χ3v) is 4.96. The molecule has 1 aromatic rings. The van der Waals surface area contributed by atoms with Crippen LogP contribution in [0.25, 0.3) is 5.57 Å². The van der Waals surface area contributed by atoms with Gasteiger partial charge in [0.1, 0.15) is 11.2 Å². The Hall–Kier alpha value is -2.25. The standard InChI is InChI=1S/C20H25F3N2O3/c1-19(2,3)28-18(26)25-14-6-5-7-15(25)9-12(8-14)13-10-16(20(21,22)23)17(27-4)24-11-13/h8,10-11,14-15H,5-7,9H2,1-4H3. The molecule has 3 rings (SSSR count). The summed E-state index contributed by atoms with van der Waals surface area (Å²) in [5.74, 6) is -0.441. The summed E-state index contributed by atoms with van der Waals surface area (Å²) in [6.07, 6.45) is 1.34. The smallest absolute Gasteiger partial charge is 0.421 e. The van der Waals surface area contributed by atoms with E-state index in [9.17, 15) is 18.0 Å². The summed E-state index contributed by atoms with van der Waals surface area (Å²) in [6.45, 7) is 5.44. The van der Waals surface area contributed by atoms with Crippen molar-refractivity contribution in [1.82, 2.24) is 9.88 Å². The number of carbonyl (C=O) groups excluding carboxylic acids is 1. The molecule has 1 amide bonds. The van der Waals surface area contributed by atoms with E-state index in [-0.39, 0.29) is 18.2 Å². The second-order valence-corrected chi connectivity index (χ2v) is 8.21. The molecule has 0 spiro atoms. The van der Waals surface area contributed by atoms with Gasteiger partial charge in [-0.3, -0.25) is 4.90 Å². The number of rotatable bonds is 2. The highest BCUT2D eigenvalue weighted by Gasteiger charge is 2.40. The largest absolute Gasteiger partial charge is 0.481 e. The van der Waals surface area contributed by atoms with Crippen LogP contribution in [0.3, 0.4) is 0 Å². The van der Waals surface area contributed by atoms with E-state index in [2.05, 4.69) is 4.98 Å². The summed E-state index contributed by atoms with van der Waals surface area (Å²) >= 11 is 0. The molecule has 0 aromatic carbocycles. The fourth-order valence-corrected chi connectivity index (χ4v) is 3.84. The Kier molecular flexibility index (Phi) is 5.34. The van der Waals surface area contributed by atoms with Gasteiger partial charge in [0.2, 0.25) is 5.88 Å². The number of amides is 1. The molecular weight excluding hydrogens is 373 g/mol. The summed E-state index contributed by atoms with van der Waals surface area (Å²) in [6, 6.07) is 0.801. The van der Waals surface area contributed by atoms with Gasteiger partial charge in [0, 0.05) is 12.2 Å². The molecule has 3 heterocycles. The van der Waals surface area contributed by atoms with Crippen molar-refractivity contribution >= 4 is 11.7 Å². The van der Waals surface area contributed by atoms with E-state index in [1.165, 1.54) is 13.3 Å². The van der Waals surface area contributed by atoms with Gasteiger partial charge in [0.15, 0.2) is 0 Å². The molecule has 8 heteroatoms. The number of aromatic nitrogens is 1. The highest BCUT2D eigenvalue weighted by atomic mass is 19.4. The van der Waals surface area contributed by atoms with Gasteiger partial charge in [0.05, 0.1) is 13.2 Å². The second kappa shape index (κ2) is 7.29. The number of fused-ring (bicyclic) bond motifs is 2. The van der Waals surface area contributed by atoms with Crippen molar-refractivity contribution in [3.05, 3.63) is 29.5 Å². The molecule has 2 atom stereocenters. The summed E-state index contributed by atoms with van der Waals surface area (Å²) in [5.41, 5.74) is -0.311. The van der Waals surface area contributed by atoms with E-state index in [0.29, 0.717) is 12.0 Å². The van der Waals surface area contributed by atoms with Crippen LogP contribution < -0.4 is 4.74 Å². The monoisotopic (exact) mass is 398 g/mol. The van der Waals surface area contributed by atoms with Crippen LogP contribution in [0.1, 0.15) is 57.6 Å². The maximum atomic E-state index is 13.3.